The van der Waals surface area contributed by atoms with E-state index in [1.54, 1.807) is 26.0 Å². The molecule has 1 aromatic carbocycles. The highest BCUT2D eigenvalue weighted by molar-refractivity contribution is 14.1. The molecule has 0 saturated carbocycles. The van der Waals surface area contributed by atoms with Crippen LogP contribution in [-0.4, -0.2) is 40.4 Å². The van der Waals surface area contributed by atoms with Crippen LogP contribution in [0.15, 0.2) is 12.1 Å². The van der Waals surface area contributed by atoms with Gasteiger partial charge >= 0.3 is 0 Å². The number of nitrogens with zero attached hydrogens (tertiary/aromatic N) is 1. The number of benzene rings is 1. The minimum Gasteiger partial charge on any atom is -0.506 e. The first kappa shape index (κ1) is 15.8. The Bertz CT molecular complexity index is 587. The molecular weight excluding hydrogens is 486 g/mol. The number of phenols is 1. The van der Waals surface area contributed by atoms with Crippen molar-refractivity contribution in [1.29, 1.82) is 0 Å². The Kier molecular flexibility index (Phi) is 4.47. The summed E-state index contributed by atoms with van der Waals surface area (Å²) in [5.74, 6) is -0.534. The van der Waals surface area contributed by atoms with Crippen LogP contribution < -0.4 is 5.32 Å². The summed E-state index contributed by atoms with van der Waals surface area (Å²) < 4.78 is 1.49. The lowest BCUT2D eigenvalue weighted by Gasteiger charge is -2.41. The van der Waals surface area contributed by atoms with Crippen molar-refractivity contribution < 1.29 is 14.7 Å². The molecule has 0 bridgehead atoms. The van der Waals surface area contributed by atoms with Crippen molar-refractivity contribution in [2.24, 2.45) is 0 Å². The monoisotopic (exact) mass is 500 g/mol. The van der Waals surface area contributed by atoms with E-state index >= 15 is 0 Å². The molecule has 2 amide bonds. The molecule has 0 unspecified atom stereocenters. The van der Waals surface area contributed by atoms with Gasteiger partial charge in [0.05, 0.1) is 9.13 Å². The van der Waals surface area contributed by atoms with Gasteiger partial charge < -0.3 is 15.3 Å². The summed E-state index contributed by atoms with van der Waals surface area (Å²) >= 11 is 4.09. The molecule has 20 heavy (non-hydrogen) atoms. The molecular formula is C13H14I2N2O3. The summed E-state index contributed by atoms with van der Waals surface area (Å²) in [5.41, 5.74) is -0.682. The molecule has 0 spiro atoms. The zero-order chi connectivity index (χ0) is 15.1. The summed E-state index contributed by atoms with van der Waals surface area (Å²) in [7, 11) is 0. The zero-order valence-corrected chi connectivity index (χ0v) is 15.4. The summed E-state index contributed by atoms with van der Waals surface area (Å²) in [6, 6.07) is 3.43. The predicted octanol–water partition coefficient (Wildman–Crippen LogP) is 1.95. The van der Waals surface area contributed by atoms with Crippen LogP contribution in [0.3, 0.4) is 0 Å². The van der Waals surface area contributed by atoms with Crippen LogP contribution in [0.1, 0.15) is 24.2 Å². The Labute approximate surface area is 144 Å². The SMILES string of the molecule is CC1(C)C(=O)NCCN1C(=O)c1cc(I)cc(I)c1O. The Balaban J connectivity index is 2.44. The third-order valence-corrected chi connectivity index (χ3v) is 4.80. The van der Waals surface area contributed by atoms with E-state index in [2.05, 4.69) is 27.9 Å². The lowest BCUT2D eigenvalue weighted by Crippen LogP contribution is -2.63. The maximum absolute atomic E-state index is 12.7. The van der Waals surface area contributed by atoms with E-state index in [1.807, 2.05) is 22.6 Å². The number of amides is 2. The van der Waals surface area contributed by atoms with E-state index in [1.165, 1.54) is 4.90 Å². The lowest BCUT2D eigenvalue weighted by atomic mass is 9.97. The fourth-order valence-corrected chi connectivity index (χ4v) is 3.97. The second kappa shape index (κ2) is 5.66. The largest absolute Gasteiger partial charge is 0.506 e. The number of aromatic hydroxyl groups is 1. The van der Waals surface area contributed by atoms with E-state index in [-0.39, 0.29) is 23.1 Å². The van der Waals surface area contributed by atoms with Gasteiger partial charge in [-0.3, -0.25) is 9.59 Å². The molecule has 2 N–H and O–H groups in total. The zero-order valence-electron chi connectivity index (χ0n) is 11.0. The Morgan fingerprint density at radius 3 is 2.70 bits per heavy atom. The van der Waals surface area contributed by atoms with E-state index in [4.69, 9.17) is 0 Å². The summed E-state index contributed by atoms with van der Waals surface area (Å²) in [5, 5.41) is 12.8. The van der Waals surface area contributed by atoms with Crippen molar-refractivity contribution in [2.45, 2.75) is 19.4 Å². The Morgan fingerprint density at radius 1 is 1.40 bits per heavy atom. The van der Waals surface area contributed by atoms with Crippen molar-refractivity contribution in [3.63, 3.8) is 0 Å². The van der Waals surface area contributed by atoms with E-state index in [9.17, 15) is 14.7 Å². The fourth-order valence-electron chi connectivity index (χ4n) is 2.13. The maximum atomic E-state index is 12.7. The van der Waals surface area contributed by atoms with Crippen LogP contribution >= 0.6 is 45.2 Å². The van der Waals surface area contributed by atoms with Crippen LogP contribution in [0, 0.1) is 7.14 Å². The van der Waals surface area contributed by atoms with Crippen molar-refractivity contribution in [2.75, 3.05) is 13.1 Å². The minimum absolute atomic E-state index is 0.0298. The molecule has 1 saturated heterocycles. The van der Waals surface area contributed by atoms with Crippen LogP contribution in [0.5, 0.6) is 5.75 Å². The molecule has 0 aliphatic carbocycles. The molecule has 0 atom stereocenters. The van der Waals surface area contributed by atoms with Gasteiger partial charge in [-0.05, 0) is 71.2 Å². The molecule has 5 nitrogen and oxygen atoms in total. The summed E-state index contributed by atoms with van der Waals surface area (Å²) in [6.07, 6.45) is 0. The number of hydrogen-bond acceptors (Lipinski definition) is 3. The smallest absolute Gasteiger partial charge is 0.258 e. The topological polar surface area (TPSA) is 69.6 Å². The molecule has 108 valence electrons. The average Bonchev–Trinajstić information content (AvgIpc) is 2.36. The van der Waals surface area contributed by atoms with E-state index in [0.29, 0.717) is 16.7 Å². The van der Waals surface area contributed by atoms with Crippen LogP contribution in [0.4, 0.5) is 0 Å². The Hall–Kier alpha value is -0.580. The number of nitrogens with one attached hydrogen (secondary N) is 1. The van der Waals surface area contributed by atoms with Crippen LogP contribution in [0.25, 0.3) is 0 Å². The first-order valence-electron chi connectivity index (χ1n) is 6.03. The number of piperazine rings is 1. The second-order valence-corrected chi connectivity index (χ2v) is 7.46. The molecule has 0 aromatic heterocycles. The molecule has 1 fully saturated rings. The summed E-state index contributed by atoms with van der Waals surface area (Å²) in [6.45, 7) is 4.26. The van der Waals surface area contributed by atoms with E-state index < -0.39 is 5.54 Å². The highest BCUT2D eigenvalue weighted by Crippen LogP contribution is 2.30. The van der Waals surface area contributed by atoms with Crippen molar-refractivity contribution >= 4 is 57.0 Å². The maximum Gasteiger partial charge on any atom is 0.258 e. The number of halogens is 2. The molecule has 1 aliphatic rings. The first-order chi connectivity index (χ1) is 9.25. The fraction of sp³-hybridized carbons (Fsp3) is 0.385. The van der Waals surface area contributed by atoms with Crippen molar-refractivity contribution in [3.05, 3.63) is 24.8 Å². The normalized spacial score (nSPS) is 17.8. The molecule has 0 radical (unpaired) electrons. The minimum atomic E-state index is -0.922. The number of carbonyl (C=O) groups is 2. The third kappa shape index (κ3) is 2.74. The predicted molar refractivity (Wildman–Crippen MR) is 91.7 cm³/mol. The third-order valence-electron chi connectivity index (χ3n) is 3.36. The van der Waals surface area contributed by atoms with Crippen LogP contribution in [-0.2, 0) is 4.79 Å². The van der Waals surface area contributed by atoms with Crippen molar-refractivity contribution in [3.8, 4) is 5.75 Å². The first-order valence-corrected chi connectivity index (χ1v) is 8.19. The number of hydrogen-bond donors (Lipinski definition) is 2. The van der Waals surface area contributed by atoms with Gasteiger partial charge in [-0.15, -0.1) is 0 Å². The van der Waals surface area contributed by atoms with Crippen LogP contribution in [0.2, 0.25) is 0 Å². The van der Waals surface area contributed by atoms with Gasteiger partial charge in [0.1, 0.15) is 11.3 Å². The highest BCUT2D eigenvalue weighted by Gasteiger charge is 2.41. The van der Waals surface area contributed by atoms with Gasteiger partial charge in [0, 0.05) is 16.7 Å². The number of phenolic OH excluding ortho intramolecular Hbond substituents is 1. The average molecular weight is 500 g/mol. The summed E-state index contributed by atoms with van der Waals surface area (Å²) in [4.78, 5) is 26.1. The molecule has 2 rings (SSSR count). The Morgan fingerprint density at radius 2 is 2.05 bits per heavy atom. The molecule has 1 aliphatic heterocycles. The molecule has 1 heterocycles. The van der Waals surface area contributed by atoms with Gasteiger partial charge in [-0.25, -0.2) is 0 Å². The van der Waals surface area contributed by atoms with Gasteiger partial charge in [0.25, 0.3) is 5.91 Å². The highest BCUT2D eigenvalue weighted by atomic mass is 127. The van der Waals surface area contributed by atoms with Gasteiger partial charge in [-0.2, -0.15) is 0 Å². The second-order valence-electron chi connectivity index (χ2n) is 5.06. The van der Waals surface area contributed by atoms with E-state index in [0.717, 1.165) is 3.57 Å². The van der Waals surface area contributed by atoms with Gasteiger partial charge in [-0.1, -0.05) is 0 Å². The van der Waals surface area contributed by atoms with Gasteiger partial charge in [0.15, 0.2) is 0 Å². The molecule has 1 aromatic rings. The standard InChI is InChI=1S/C13H14I2N2O3/c1-13(2)12(20)16-3-4-17(13)11(19)8-5-7(14)6-9(15)10(8)18/h5-6,18H,3-4H2,1-2H3,(H,16,20). The van der Waals surface area contributed by atoms with Gasteiger partial charge in [0.2, 0.25) is 5.91 Å². The number of carbonyl (C=O) groups excluding carboxylic acids is 2. The molecule has 7 heteroatoms. The van der Waals surface area contributed by atoms with Crippen molar-refractivity contribution in [1.82, 2.24) is 10.2 Å². The quantitative estimate of drug-likeness (QED) is 0.580. The lowest BCUT2D eigenvalue weighted by molar-refractivity contribution is -0.133. The number of rotatable bonds is 1.